The van der Waals surface area contributed by atoms with Crippen molar-refractivity contribution in [2.24, 2.45) is 11.7 Å². The number of carbonyl (C=O) groups excluding carboxylic acids is 1. The summed E-state index contributed by atoms with van der Waals surface area (Å²) in [6.07, 6.45) is 1.07. The first-order valence-corrected chi connectivity index (χ1v) is 4.76. The van der Waals surface area contributed by atoms with Crippen molar-refractivity contribution in [2.75, 3.05) is 40.3 Å². The highest BCUT2D eigenvalue weighted by Gasteiger charge is 2.24. The Morgan fingerprint density at radius 1 is 1.62 bits per heavy atom. The van der Waals surface area contributed by atoms with Crippen LogP contribution in [0.3, 0.4) is 0 Å². The van der Waals surface area contributed by atoms with Crippen LogP contribution in [-0.2, 0) is 4.79 Å². The van der Waals surface area contributed by atoms with Gasteiger partial charge >= 0.3 is 0 Å². The van der Waals surface area contributed by atoms with E-state index in [1.54, 1.807) is 0 Å². The SMILES string of the molecule is CN(C)CC(=O)N1CCC(CN)C1. The first kappa shape index (κ1) is 10.5. The normalized spacial score (nSPS) is 22.8. The summed E-state index contributed by atoms with van der Waals surface area (Å²) in [6, 6.07) is 0. The van der Waals surface area contributed by atoms with E-state index in [-0.39, 0.29) is 5.91 Å². The Bertz CT molecular complexity index is 182. The van der Waals surface area contributed by atoms with E-state index in [2.05, 4.69) is 0 Å². The summed E-state index contributed by atoms with van der Waals surface area (Å²) in [6.45, 7) is 2.95. The number of likely N-dealkylation sites (tertiary alicyclic amines) is 1. The van der Waals surface area contributed by atoms with Gasteiger partial charge in [0.05, 0.1) is 6.54 Å². The molecular formula is C9H19N3O. The van der Waals surface area contributed by atoms with Gasteiger partial charge < -0.3 is 15.5 Å². The molecule has 76 valence electrons. The van der Waals surface area contributed by atoms with Crippen LogP contribution in [0.25, 0.3) is 0 Å². The highest BCUT2D eigenvalue weighted by atomic mass is 16.2. The van der Waals surface area contributed by atoms with Gasteiger partial charge in [-0.25, -0.2) is 0 Å². The van der Waals surface area contributed by atoms with Crippen molar-refractivity contribution in [3.8, 4) is 0 Å². The average molecular weight is 185 g/mol. The summed E-state index contributed by atoms with van der Waals surface area (Å²) in [5.41, 5.74) is 5.55. The van der Waals surface area contributed by atoms with Gasteiger partial charge in [-0.3, -0.25) is 4.79 Å². The van der Waals surface area contributed by atoms with Crippen molar-refractivity contribution in [3.05, 3.63) is 0 Å². The second kappa shape index (κ2) is 4.58. The molecule has 0 aromatic heterocycles. The number of rotatable bonds is 3. The average Bonchev–Trinajstić information content (AvgIpc) is 2.50. The zero-order valence-corrected chi connectivity index (χ0v) is 8.49. The highest BCUT2D eigenvalue weighted by molar-refractivity contribution is 5.78. The molecule has 1 aliphatic rings. The monoisotopic (exact) mass is 185 g/mol. The van der Waals surface area contributed by atoms with Crippen LogP contribution in [0.5, 0.6) is 0 Å². The van der Waals surface area contributed by atoms with E-state index in [4.69, 9.17) is 5.73 Å². The maximum absolute atomic E-state index is 11.6. The van der Waals surface area contributed by atoms with Crippen molar-refractivity contribution in [2.45, 2.75) is 6.42 Å². The summed E-state index contributed by atoms with van der Waals surface area (Å²) in [5, 5.41) is 0. The van der Waals surface area contributed by atoms with E-state index in [9.17, 15) is 4.79 Å². The minimum absolute atomic E-state index is 0.223. The molecule has 4 heteroatoms. The Labute approximate surface area is 79.7 Å². The largest absolute Gasteiger partial charge is 0.341 e. The number of nitrogens with two attached hydrogens (primary N) is 1. The number of hydrogen-bond donors (Lipinski definition) is 1. The van der Waals surface area contributed by atoms with E-state index >= 15 is 0 Å². The van der Waals surface area contributed by atoms with Crippen LogP contribution >= 0.6 is 0 Å². The molecule has 1 fully saturated rings. The Kier molecular flexibility index (Phi) is 3.69. The van der Waals surface area contributed by atoms with Crippen molar-refractivity contribution in [1.29, 1.82) is 0 Å². The number of carbonyl (C=O) groups is 1. The predicted molar refractivity (Wildman–Crippen MR) is 52.3 cm³/mol. The van der Waals surface area contributed by atoms with Crippen LogP contribution in [-0.4, -0.2) is 56.0 Å². The van der Waals surface area contributed by atoms with Gasteiger partial charge in [0.15, 0.2) is 0 Å². The lowest BCUT2D eigenvalue weighted by molar-refractivity contribution is -0.130. The first-order valence-electron chi connectivity index (χ1n) is 4.76. The Morgan fingerprint density at radius 2 is 2.31 bits per heavy atom. The Hall–Kier alpha value is -0.610. The van der Waals surface area contributed by atoms with Crippen LogP contribution in [0, 0.1) is 5.92 Å². The predicted octanol–water partition coefficient (Wildman–Crippen LogP) is -0.645. The van der Waals surface area contributed by atoms with Gasteiger partial charge in [0.1, 0.15) is 0 Å². The standard InChI is InChI=1S/C9H19N3O/c1-11(2)7-9(13)12-4-3-8(5-10)6-12/h8H,3-7,10H2,1-2H3. The topological polar surface area (TPSA) is 49.6 Å². The Morgan fingerprint density at radius 3 is 2.77 bits per heavy atom. The van der Waals surface area contributed by atoms with E-state index in [0.717, 1.165) is 19.5 Å². The summed E-state index contributed by atoms with van der Waals surface area (Å²) in [5.74, 6) is 0.743. The van der Waals surface area contributed by atoms with Gasteiger partial charge in [-0.1, -0.05) is 0 Å². The summed E-state index contributed by atoms with van der Waals surface area (Å²) in [4.78, 5) is 15.4. The highest BCUT2D eigenvalue weighted by Crippen LogP contribution is 2.14. The maximum atomic E-state index is 11.6. The van der Waals surface area contributed by atoms with Gasteiger partial charge in [0.25, 0.3) is 0 Å². The number of likely N-dealkylation sites (N-methyl/N-ethyl adjacent to an activating group) is 1. The van der Waals surface area contributed by atoms with Crippen LogP contribution in [0.15, 0.2) is 0 Å². The molecule has 13 heavy (non-hydrogen) atoms. The number of nitrogens with zero attached hydrogens (tertiary/aromatic N) is 2. The van der Waals surface area contributed by atoms with Crippen LogP contribution in [0.4, 0.5) is 0 Å². The molecule has 0 aromatic rings. The molecule has 0 bridgehead atoms. The molecule has 0 saturated carbocycles. The van der Waals surface area contributed by atoms with Crippen molar-refractivity contribution in [3.63, 3.8) is 0 Å². The molecule has 2 N–H and O–H groups in total. The van der Waals surface area contributed by atoms with Crippen LogP contribution in [0.1, 0.15) is 6.42 Å². The van der Waals surface area contributed by atoms with E-state index in [1.165, 1.54) is 0 Å². The van der Waals surface area contributed by atoms with Crippen molar-refractivity contribution >= 4 is 5.91 Å². The zero-order valence-electron chi connectivity index (χ0n) is 8.49. The molecule has 4 nitrogen and oxygen atoms in total. The molecule has 1 amide bonds. The van der Waals surface area contributed by atoms with Gasteiger partial charge in [-0.15, -0.1) is 0 Å². The lowest BCUT2D eigenvalue weighted by atomic mass is 10.1. The fraction of sp³-hybridized carbons (Fsp3) is 0.889. The van der Waals surface area contributed by atoms with Crippen molar-refractivity contribution < 1.29 is 4.79 Å². The third-order valence-electron chi connectivity index (χ3n) is 2.42. The van der Waals surface area contributed by atoms with Gasteiger partial charge in [0.2, 0.25) is 5.91 Å². The van der Waals surface area contributed by atoms with E-state index < -0.39 is 0 Å². The molecule has 1 rings (SSSR count). The van der Waals surface area contributed by atoms with E-state index in [1.807, 2.05) is 23.9 Å². The molecule has 0 aromatic carbocycles. The van der Waals surface area contributed by atoms with Crippen molar-refractivity contribution in [1.82, 2.24) is 9.80 Å². The lowest BCUT2D eigenvalue weighted by Crippen LogP contribution is -2.36. The Balaban J connectivity index is 2.33. The van der Waals surface area contributed by atoms with Crippen LogP contribution in [0.2, 0.25) is 0 Å². The molecule has 1 saturated heterocycles. The molecule has 0 spiro atoms. The molecule has 0 aliphatic carbocycles. The third kappa shape index (κ3) is 2.97. The maximum Gasteiger partial charge on any atom is 0.236 e. The second-order valence-corrected chi connectivity index (χ2v) is 3.97. The molecule has 1 aliphatic heterocycles. The van der Waals surface area contributed by atoms with Gasteiger partial charge in [-0.2, -0.15) is 0 Å². The molecule has 1 atom stereocenters. The summed E-state index contributed by atoms with van der Waals surface area (Å²) < 4.78 is 0. The fourth-order valence-electron chi connectivity index (χ4n) is 1.62. The summed E-state index contributed by atoms with van der Waals surface area (Å²) in [7, 11) is 3.82. The minimum Gasteiger partial charge on any atom is -0.341 e. The molecular weight excluding hydrogens is 166 g/mol. The third-order valence-corrected chi connectivity index (χ3v) is 2.42. The first-order chi connectivity index (χ1) is 6.13. The molecule has 1 unspecified atom stereocenters. The quantitative estimate of drug-likeness (QED) is 0.636. The van der Waals surface area contributed by atoms with Gasteiger partial charge in [0, 0.05) is 13.1 Å². The zero-order chi connectivity index (χ0) is 9.84. The summed E-state index contributed by atoms with van der Waals surface area (Å²) >= 11 is 0. The number of amides is 1. The second-order valence-electron chi connectivity index (χ2n) is 3.97. The number of hydrogen-bond acceptors (Lipinski definition) is 3. The fourth-order valence-corrected chi connectivity index (χ4v) is 1.62. The van der Waals surface area contributed by atoms with Crippen LogP contribution < -0.4 is 5.73 Å². The van der Waals surface area contributed by atoms with Gasteiger partial charge in [-0.05, 0) is 33.0 Å². The minimum atomic E-state index is 0.223. The molecule has 1 heterocycles. The van der Waals surface area contributed by atoms with E-state index in [0.29, 0.717) is 19.0 Å². The lowest BCUT2D eigenvalue weighted by Gasteiger charge is -2.18. The smallest absolute Gasteiger partial charge is 0.236 e. The molecule has 0 radical (unpaired) electrons.